The van der Waals surface area contributed by atoms with Crippen molar-refractivity contribution in [3.05, 3.63) is 144 Å². The molecule has 65 heavy (non-hydrogen) atoms. The molecule has 0 bridgehead atoms. The highest BCUT2D eigenvalue weighted by Gasteiger charge is 2.37. The van der Waals surface area contributed by atoms with Crippen LogP contribution in [0.3, 0.4) is 0 Å². The van der Waals surface area contributed by atoms with E-state index in [2.05, 4.69) is 20.6 Å². The third-order valence-corrected chi connectivity index (χ3v) is 13.7. The fourth-order valence-corrected chi connectivity index (χ4v) is 10.2. The Morgan fingerprint density at radius 1 is 0.646 bits per heavy atom. The molecule has 4 fully saturated rings. The van der Waals surface area contributed by atoms with Crippen LogP contribution >= 0.6 is 0 Å². The number of nitrogens with one attached hydrogen (secondary N) is 2. The minimum Gasteiger partial charge on any atom is -0.373 e. The Balaban J connectivity index is 0.958. The Hall–Kier alpha value is -6.13. The average molecular weight is 885 g/mol. The van der Waals surface area contributed by atoms with E-state index >= 15 is 8.78 Å². The molecule has 4 saturated heterocycles. The van der Waals surface area contributed by atoms with Crippen LogP contribution in [0.5, 0.6) is 0 Å². The summed E-state index contributed by atoms with van der Waals surface area (Å²) >= 11 is 0. The van der Waals surface area contributed by atoms with E-state index in [4.69, 9.17) is 9.47 Å². The van der Waals surface area contributed by atoms with Crippen molar-refractivity contribution in [3.63, 3.8) is 0 Å². The van der Waals surface area contributed by atoms with E-state index in [9.17, 15) is 14.0 Å². The molecule has 336 valence electrons. The first-order valence-electron chi connectivity index (χ1n) is 22.4. The minimum atomic E-state index is -0.776. The van der Waals surface area contributed by atoms with Gasteiger partial charge in [-0.1, -0.05) is 48.5 Å². The highest BCUT2D eigenvalue weighted by Crippen LogP contribution is 2.39. The molecule has 1 unspecified atom stereocenters. The molecule has 4 aliphatic heterocycles. The zero-order valence-electron chi connectivity index (χ0n) is 36.3. The molecule has 15 heteroatoms. The van der Waals surface area contributed by atoms with E-state index in [0.717, 1.165) is 31.5 Å². The summed E-state index contributed by atoms with van der Waals surface area (Å²) in [7, 11) is 0. The van der Waals surface area contributed by atoms with Gasteiger partial charge in [-0.2, -0.15) is 0 Å². The SMILES string of the molecule is C[C@@H](c1cc(-c2c(F)cc(-c3ccccc3[C@H](C)n3cncc3C(=O)N3CC[C@H]4NCCO[C@@H]4C3)cc2F)ccc1-c1cccc(F)c1)n1cncc1C(=O)N1CCC2NCCO[C@@H]2C1. The van der Waals surface area contributed by atoms with Crippen LogP contribution < -0.4 is 10.6 Å². The summed E-state index contributed by atoms with van der Waals surface area (Å²) in [4.78, 5) is 40.4. The van der Waals surface area contributed by atoms with Crippen molar-refractivity contribution in [2.24, 2.45) is 0 Å². The number of halogens is 3. The number of hydrogen-bond donors (Lipinski definition) is 2. The highest BCUT2D eigenvalue weighted by atomic mass is 19.1. The maximum Gasteiger partial charge on any atom is 0.272 e. The van der Waals surface area contributed by atoms with Crippen LogP contribution in [0, 0.1) is 17.5 Å². The first-order chi connectivity index (χ1) is 31.6. The summed E-state index contributed by atoms with van der Waals surface area (Å²) < 4.78 is 63.7. The van der Waals surface area contributed by atoms with Gasteiger partial charge in [-0.05, 0) is 96.0 Å². The lowest BCUT2D eigenvalue weighted by atomic mass is 9.89. The van der Waals surface area contributed by atoms with Gasteiger partial charge in [0.1, 0.15) is 28.8 Å². The lowest BCUT2D eigenvalue weighted by Gasteiger charge is -2.41. The molecule has 0 radical (unpaired) electrons. The smallest absolute Gasteiger partial charge is 0.272 e. The van der Waals surface area contributed by atoms with E-state index < -0.39 is 29.5 Å². The Bertz CT molecular complexity index is 2720. The lowest BCUT2D eigenvalue weighted by molar-refractivity contribution is -0.0417. The number of carbonyl (C=O) groups is 2. The second-order valence-corrected chi connectivity index (χ2v) is 17.5. The summed E-state index contributed by atoms with van der Waals surface area (Å²) in [5, 5.41) is 6.97. The maximum atomic E-state index is 16.7. The van der Waals surface area contributed by atoms with E-state index in [1.54, 1.807) is 63.2 Å². The van der Waals surface area contributed by atoms with Gasteiger partial charge >= 0.3 is 0 Å². The van der Waals surface area contributed by atoms with Crippen LogP contribution in [0.2, 0.25) is 0 Å². The number of piperidine rings is 2. The summed E-state index contributed by atoms with van der Waals surface area (Å²) in [5.41, 5.74) is 4.30. The summed E-state index contributed by atoms with van der Waals surface area (Å²) in [5.74, 6) is -2.34. The van der Waals surface area contributed by atoms with E-state index in [1.165, 1.54) is 30.5 Å². The van der Waals surface area contributed by atoms with Gasteiger partial charge in [-0.15, -0.1) is 0 Å². The molecular weight excluding hydrogens is 834 g/mol. The lowest BCUT2D eigenvalue weighted by Crippen LogP contribution is -2.58. The first-order valence-corrected chi connectivity index (χ1v) is 22.4. The molecule has 2 amide bonds. The Kier molecular flexibility index (Phi) is 11.9. The first kappa shape index (κ1) is 42.8. The van der Waals surface area contributed by atoms with Crippen molar-refractivity contribution in [1.82, 2.24) is 39.5 Å². The van der Waals surface area contributed by atoms with Gasteiger partial charge in [0.15, 0.2) is 0 Å². The number of likely N-dealkylation sites (tertiary alicyclic amines) is 2. The molecule has 10 rings (SSSR count). The van der Waals surface area contributed by atoms with Gasteiger partial charge in [-0.3, -0.25) is 9.59 Å². The van der Waals surface area contributed by atoms with Crippen molar-refractivity contribution in [2.45, 2.75) is 63.1 Å². The molecule has 4 aromatic carbocycles. The van der Waals surface area contributed by atoms with Crippen LogP contribution in [0.15, 0.2) is 104 Å². The monoisotopic (exact) mass is 884 g/mol. The van der Waals surface area contributed by atoms with E-state index in [-0.39, 0.29) is 47.2 Å². The predicted molar refractivity (Wildman–Crippen MR) is 239 cm³/mol. The van der Waals surface area contributed by atoms with Gasteiger partial charge in [-0.25, -0.2) is 23.1 Å². The van der Waals surface area contributed by atoms with E-state index in [0.29, 0.717) is 78.6 Å². The molecule has 12 nitrogen and oxygen atoms in total. The van der Waals surface area contributed by atoms with Crippen molar-refractivity contribution >= 4 is 11.8 Å². The number of hydrogen-bond acceptors (Lipinski definition) is 8. The molecule has 2 N–H and O–H groups in total. The second-order valence-electron chi connectivity index (χ2n) is 17.5. The predicted octanol–water partition coefficient (Wildman–Crippen LogP) is 7.12. The van der Waals surface area contributed by atoms with Gasteiger partial charge in [0.2, 0.25) is 0 Å². The third kappa shape index (κ3) is 8.26. The molecule has 6 heterocycles. The standard InChI is InChI=1S/C50H51F3N8O4/c1-30(60-28-54-24-44(60)49(62)58-16-12-42-46(26-58)64-18-14-56-42)36-8-3-4-9-37(36)34-22-40(52)48(41(53)23-34)33-10-11-38(32-6-5-7-35(51)20-32)39(21-33)31(2)61-29-55-25-45(61)50(63)59-17-13-43-47(27-59)65-19-15-57-43/h3-11,20-25,28-31,42-43,46-47,56-57H,12-19,26-27H2,1-2H3/t30-,31-,42+,43?,46+,47+/m0/s1. The number of nitrogens with zero attached hydrogens (tertiary/aromatic N) is 6. The number of aromatic nitrogens is 4. The number of imidazole rings is 2. The molecule has 6 atom stereocenters. The fraction of sp³-hybridized carbons (Fsp3) is 0.360. The molecule has 4 aliphatic rings. The quantitative estimate of drug-likeness (QED) is 0.158. The van der Waals surface area contributed by atoms with Crippen LogP contribution in [-0.2, 0) is 9.47 Å². The van der Waals surface area contributed by atoms with E-state index in [1.807, 2.05) is 43.0 Å². The molecular formula is C50H51F3N8O4. The molecule has 0 spiro atoms. The maximum absolute atomic E-state index is 16.7. The van der Waals surface area contributed by atoms with Crippen molar-refractivity contribution < 1.29 is 32.2 Å². The number of amides is 2. The van der Waals surface area contributed by atoms with Crippen molar-refractivity contribution in [3.8, 4) is 33.4 Å². The number of rotatable bonds is 9. The fourth-order valence-electron chi connectivity index (χ4n) is 10.2. The topological polar surface area (TPSA) is 119 Å². The Labute approximate surface area is 375 Å². The van der Waals surface area contributed by atoms with Crippen LogP contribution in [-0.4, -0.2) is 117 Å². The normalized spacial score (nSPS) is 21.9. The molecule has 0 saturated carbocycles. The summed E-state index contributed by atoms with van der Waals surface area (Å²) in [6, 6.07) is 20.7. The minimum absolute atomic E-state index is 0.0753. The zero-order valence-corrected chi connectivity index (χ0v) is 36.3. The van der Waals surface area contributed by atoms with Gasteiger partial charge in [0.05, 0.1) is 68.1 Å². The number of ether oxygens (including phenoxy) is 2. The largest absolute Gasteiger partial charge is 0.373 e. The number of benzene rings is 4. The van der Waals surface area contributed by atoms with Gasteiger partial charge in [0.25, 0.3) is 11.8 Å². The average Bonchev–Trinajstić information content (AvgIpc) is 4.04. The van der Waals surface area contributed by atoms with Crippen LogP contribution in [0.25, 0.3) is 33.4 Å². The Morgan fingerprint density at radius 3 is 1.82 bits per heavy atom. The summed E-state index contributed by atoms with van der Waals surface area (Å²) in [6.07, 6.45) is 7.65. The Morgan fingerprint density at radius 2 is 1.22 bits per heavy atom. The number of carbonyl (C=O) groups excluding carboxylic acids is 2. The van der Waals surface area contributed by atoms with Gasteiger partial charge in [0, 0.05) is 51.4 Å². The van der Waals surface area contributed by atoms with Gasteiger partial charge < -0.3 is 39.0 Å². The highest BCUT2D eigenvalue weighted by molar-refractivity contribution is 5.93. The molecule has 2 aromatic heterocycles. The zero-order chi connectivity index (χ0) is 44.8. The molecule has 0 aliphatic carbocycles. The van der Waals surface area contributed by atoms with Crippen LogP contribution in [0.4, 0.5) is 13.2 Å². The molecule has 6 aromatic rings. The third-order valence-electron chi connectivity index (χ3n) is 13.7. The second kappa shape index (κ2) is 18.0. The summed E-state index contributed by atoms with van der Waals surface area (Å²) in [6.45, 7) is 8.65. The van der Waals surface area contributed by atoms with Crippen LogP contribution in [0.1, 0.15) is 70.9 Å². The number of morpholine rings is 2. The number of fused-ring (bicyclic) bond motifs is 2. The van der Waals surface area contributed by atoms with Crippen molar-refractivity contribution in [2.75, 3.05) is 52.5 Å². The van der Waals surface area contributed by atoms with Crippen molar-refractivity contribution in [1.29, 1.82) is 0 Å².